The first-order chi connectivity index (χ1) is 17.8. The Bertz CT molecular complexity index is 1160. The molecule has 0 unspecified atom stereocenters. The number of nitrogens with zero attached hydrogens (tertiary/aromatic N) is 1. The highest BCUT2D eigenvalue weighted by atomic mass is 28.4. The first kappa shape index (κ1) is 28.2. The van der Waals surface area contributed by atoms with E-state index in [1.54, 1.807) is 4.90 Å². The Labute approximate surface area is 229 Å². The maximum absolute atomic E-state index is 13.2. The summed E-state index contributed by atoms with van der Waals surface area (Å²) in [4.78, 5) is 15.0. The quantitative estimate of drug-likeness (QED) is 0.371. The van der Waals surface area contributed by atoms with Gasteiger partial charge < -0.3 is 13.6 Å². The van der Waals surface area contributed by atoms with Gasteiger partial charge in [-0.3, -0.25) is 0 Å². The lowest BCUT2D eigenvalue weighted by molar-refractivity contribution is 0.0596. The molecule has 2 aliphatic heterocycles. The van der Waals surface area contributed by atoms with Crippen LogP contribution >= 0.6 is 0 Å². The monoisotopic (exact) mass is 533 g/mol. The molecule has 38 heavy (non-hydrogen) atoms. The lowest BCUT2D eigenvalue weighted by atomic mass is 9.91. The zero-order chi connectivity index (χ0) is 27.7. The van der Waals surface area contributed by atoms with Crippen molar-refractivity contribution in [1.82, 2.24) is 4.90 Å². The van der Waals surface area contributed by atoms with E-state index in [0.717, 1.165) is 11.1 Å². The van der Waals surface area contributed by atoms with E-state index in [-0.39, 0.29) is 34.2 Å². The number of allylic oxidation sites excluding steroid dienone is 2. The van der Waals surface area contributed by atoms with Crippen molar-refractivity contribution in [2.24, 2.45) is 5.92 Å². The van der Waals surface area contributed by atoms with Crippen molar-refractivity contribution in [2.45, 2.75) is 84.0 Å². The Hall–Kier alpha value is -2.83. The standard InChI is InChI=1S/C32H43NO4Si/c1-23-19-20-28(33-27(22-35-30(33)34)21-25-15-11-9-12-16-25)36-38(31(3,4)5,32(6,7)8)37-29(24(23)2)26-17-13-10-14-18-26/h9-20,24,27,29H,21-22H2,1-8H3/b23-19+,28-20-/t24-,27-,29-/m0/s1. The summed E-state index contributed by atoms with van der Waals surface area (Å²) in [5.74, 6) is 0.629. The van der Waals surface area contributed by atoms with Crippen LogP contribution in [0.1, 0.15) is 72.6 Å². The molecule has 4 rings (SSSR count). The first-order valence-electron chi connectivity index (χ1n) is 13.6. The molecule has 0 bridgehead atoms. The summed E-state index contributed by atoms with van der Waals surface area (Å²) >= 11 is 0. The molecule has 2 aromatic rings. The summed E-state index contributed by atoms with van der Waals surface area (Å²) in [5, 5.41) is -0.623. The average Bonchev–Trinajstić information content (AvgIpc) is 3.24. The molecule has 1 fully saturated rings. The molecule has 3 atom stereocenters. The van der Waals surface area contributed by atoms with Gasteiger partial charge in [0, 0.05) is 16.0 Å². The molecule has 204 valence electrons. The van der Waals surface area contributed by atoms with Gasteiger partial charge in [0.15, 0.2) is 5.88 Å². The molecule has 0 spiro atoms. The van der Waals surface area contributed by atoms with Gasteiger partial charge in [0.05, 0.1) is 12.1 Å². The largest absolute Gasteiger partial charge is 0.506 e. The zero-order valence-corrected chi connectivity index (χ0v) is 25.2. The van der Waals surface area contributed by atoms with Gasteiger partial charge in [-0.15, -0.1) is 0 Å². The molecular weight excluding hydrogens is 490 g/mol. The second-order valence-corrected chi connectivity index (χ2v) is 17.3. The summed E-state index contributed by atoms with van der Waals surface area (Å²) in [6.07, 6.45) is 4.17. The highest BCUT2D eigenvalue weighted by Gasteiger charge is 2.62. The fraction of sp³-hybridized carbons (Fsp3) is 0.469. The molecule has 0 aromatic heterocycles. The van der Waals surface area contributed by atoms with E-state index in [2.05, 4.69) is 97.9 Å². The number of carbonyl (C=O) groups is 1. The normalized spacial score (nSPS) is 27.1. The van der Waals surface area contributed by atoms with Crippen LogP contribution in [0.25, 0.3) is 0 Å². The fourth-order valence-corrected chi connectivity index (χ4v) is 10.5. The molecule has 2 aromatic carbocycles. The van der Waals surface area contributed by atoms with Crippen LogP contribution in [0.4, 0.5) is 4.79 Å². The number of hydrogen-bond donors (Lipinski definition) is 0. The molecule has 0 radical (unpaired) electrons. The third-order valence-corrected chi connectivity index (χ3v) is 12.8. The van der Waals surface area contributed by atoms with Crippen LogP contribution in [0.15, 0.2) is 84.3 Å². The lowest BCUT2D eigenvalue weighted by Crippen LogP contribution is -2.59. The van der Waals surface area contributed by atoms with Gasteiger partial charge in [-0.25, -0.2) is 9.69 Å². The number of benzene rings is 2. The van der Waals surface area contributed by atoms with Crippen molar-refractivity contribution in [2.75, 3.05) is 6.61 Å². The first-order valence-corrected chi connectivity index (χ1v) is 15.5. The molecule has 1 amide bonds. The Kier molecular flexibility index (Phi) is 7.96. The van der Waals surface area contributed by atoms with Crippen molar-refractivity contribution >= 4 is 14.7 Å². The second kappa shape index (κ2) is 10.7. The Balaban J connectivity index is 1.84. The molecule has 5 nitrogen and oxygen atoms in total. The molecule has 2 heterocycles. The number of cyclic esters (lactones) is 1. The van der Waals surface area contributed by atoms with Gasteiger partial charge in [0.25, 0.3) is 0 Å². The Morgan fingerprint density at radius 3 is 2.05 bits per heavy atom. The van der Waals surface area contributed by atoms with Crippen molar-refractivity contribution < 1.29 is 18.4 Å². The average molecular weight is 534 g/mol. The van der Waals surface area contributed by atoms with Crippen molar-refractivity contribution in [3.63, 3.8) is 0 Å². The predicted molar refractivity (Wildman–Crippen MR) is 155 cm³/mol. The molecule has 0 saturated carbocycles. The highest BCUT2D eigenvalue weighted by molar-refractivity contribution is 6.73. The minimum Gasteiger partial charge on any atom is -0.506 e. The maximum atomic E-state index is 13.2. The van der Waals surface area contributed by atoms with Crippen LogP contribution in [-0.4, -0.2) is 32.2 Å². The highest BCUT2D eigenvalue weighted by Crippen LogP contribution is 2.56. The summed E-state index contributed by atoms with van der Waals surface area (Å²) in [6.45, 7) is 17.9. The van der Waals surface area contributed by atoms with E-state index in [0.29, 0.717) is 18.9 Å². The van der Waals surface area contributed by atoms with Crippen LogP contribution < -0.4 is 0 Å². The maximum Gasteiger partial charge on any atom is 0.417 e. The summed E-state index contributed by atoms with van der Waals surface area (Å²) < 4.78 is 20.2. The van der Waals surface area contributed by atoms with Gasteiger partial charge >= 0.3 is 14.7 Å². The summed E-state index contributed by atoms with van der Waals surface area (Å²) in [7, 11) is -3.15. The molecule has 0 N–H and O–H groups in total. The molecule has 2 aliphatic rings. The van der Waals surface area contributed by atoms with Crippen LogP contribution in [0.3, 0.4) is 0 Å². The number of ether oxygens (including phenoxy) is 1. The van der Waals surface area contributed by atoms with Gasteiger partial charge in [0.2, 0.25) is 0 Å². The summed E-state index contributed by atoms with van der Waals surface area (Å²) in [6, 6.07) is 20.5. The van der Waals surface area contributed by atoms with E-state index < -0.39 is 8.56 Å². The molecule has 6 heteroatoms. The Morgan fingerprint density at radius 1 is 0.895 bits per heavy atom. The van der Waals surface area contributed by atoms with E-state index in [1.165, 1.54) is 5.57 Å². The van der Waals surface area contributed by atoms with Crippen LogP contribution in [-0.2, 0) is 20.0 Å². The summed E-state index contributed by atoms with van der Waals surface area (Å²) in [5.41, 5.74) is 3.45. The third kappa shape index (κ3) is 5.48. The lowest BCUT2D eigenvalue weighted by Gasteiger charge is -2.51. The molecule has 1 saturated heterocycles. The second-order valence-electron chi connectivity index (χ2n) is 12.7. The predicted octanol–water partition coefficient (Wildman–Crippen LogP) is 8.30. The minimum atomic E-state index is -3.15. The van der Waals surface area contributed by atoms with Gasteiger partial charge in [0.1, 0.15) is 6.61 Å². The van der Waals surface area contributed by atoms with Crippen LogP contribution in [0.2, 0.25) is 10.1 Å². The minimum absolute atomic E-state index is 0.110. The van der Waals surface area contributed by atoms with Crippen molar-refractivity contribution in [1.29, 1.82) is 0 Å². The molecule has 0 aliphatic carbocycles. The van der Waals surface area contributed by atoms with E-state index in [1.807, 2.05) is 30.3 Å². The smallest absolute Gasteiger partial charge is 0.417 e. The zero-order valence-electron chi connectivity index (χ0n) is 24.2. The van der Waals surface area contributed by atoms with E-state index in [4.69, 9.17) is 13.6 Å². The number of hydrogen-bond acceptors (Lipinski definition) is 4. The Morgan fingerprint density at radius 2 is 1.47 bits per heavy atom. The van der Waals surface area contributed by atoms with E-state index >= 15 is 0 Å². The van der Waals surface area contributed by atoms with Crippen molar-refractivity contribution in [3.05, 3.63) is 95.4 Å². The van der Waals surface area contributed by atoms with Crippen molar-refractivity contribution in [3.8, 4) is 0 Å². The topological polar surface area (TPSA) is 48.0 Å². The molecular formula is C32H43NO4Si. The van der Waals surface area contributed by atoms with Gasteiger partial charge in [-0.2, -0.15) is 0 Å². The number of rotatable bonds is 4. The van der Waals surface area contributed by atoms with Crippen LogP contribution in [0.5, 0.6) is 0 Å². The number of amides is 1. The van der Waals surface area contributed by atoms with Gasteiger partial charge in [-0.1, -0.05) is 121 Å². The van der Waals surface area contributed by atoms with Crippen LogP contribution in [0, 0.1) is 5.92 Å². The fourth-order valence-electron chi connectivity index (χ4n) is 5.76. The third-order valence-electron chi connectivity index (χ3n) is 7.82. The SMILES string of the molecule is C/C1=C\C=C(\N2C(=O)OC[C@@H]2Cc2ccccc2)O[Si](C(C)(C)C)(C(C)(C)C)O[C@H](c2ccccc2)[C@H]1C. The van der Waals surface area contributed by atoms with E-state index in [9.17, 15) is 4.79 Å². The van der Waals surface area contributed by atoms with Gasteiger partial charge in [-0.05, 0) is 30.5 Å². The number of carbonyl (C=O) groups excluding carboxylic acids is 1.